The van der Waals surface area contributed by atoms with Gasteiger partial charge in [-0.2, -0.15) is 18.3 Å². The largest absolute Gasteiger partial charge is 0.417 e. The number of fused-ring (bicyclic) bond motifs is 1. The number of carbonyl (C=O) groups excluding carboxylic acids is 1. The van der Waals surface area contributed by atoms with Crippen LogP contribution in [0.1, 0.15) is 52.8 Å². The molecule has 2 aromatic heterocycles. The highest BCUT2D eigenvalue weighted by Crippen LogP contribution is 2.30. The highest BCUT2D eigenvalue weighted by Gasteiger charge is 2.31. The van der Waals surface area contributed by atoms with Crippen molar-refractivity contribution in [1.82, 2.24) is 20.5 Å². The molecule has 0 aliphatic carbocycles. The molecule has 0 spiro atoms. The average Bonchev–Trinajstić information content (AvgIpc) is 2.96. The predicted molar refractivity (Wildman–Crippen MR) is 81.7 cm³/mol. The van der Waals surface area contributed by atoms with Crippen LogP contribution >= 0.6 is 0 Å². The summed E-state index contributed by atoms with van der Waals surface area (Å²) in [7, 11) is 0. The fourth-order valence-corrected chi connectivity index (χ4v) is 2.87. The minimum absolute atomic E-state index is 0.0423. The van der Waals surface area contributed by atoms with Gasteiger partial charge in [-0.05, 0) is 25.5 Å². The number of nitrogens with zero attached hydrogens (tertiary/aromatic N) is 2. The van der Waals surface area contributed by atoms with Gasteiger partial charge < -0.3 is 10.1 Å². The van der Waals surface area contributed by atoms with E-state index in [1.54, 1.807) is 0 Å². The van der Waals surface area contributed by atoms with Crippen LogP contribution in [-0.2, 0) is 23.9 Å². The molecule has 9 heteroatoms. The molecule has 0 unspecified atom stereocenters. The van der Waals surface area contributed by atoms with Gasteiger partial charge in [-0.1, -0.05) is 0 Å². The second kappa shape index (κ2) is 6.47. The van der Waals surface area contributed by atoms with E-state index in [0.29, 0.717) is 6.42 Å². The summed E-state index contributed by atoms with van der Waals surface area (Å²) in [6.07, 6.45) is -2.13. The molecular weight excluding hydrogens is 337 g/mol. The molecule has 1 amide bonds. The number of amides is 1. The Labute approximate surface area is 141 Å². The van der Waals surface area contributed by atoms with E-state index in [-0.39, 0.29) is 30.0 Å². The van der Waals surface area contributed by atoms with Crippen LogP contribution in [0.3, 0.4) is 0 Å². The first-order valence-corrected chi connectivity index (χ1v) is 7.77. The van der Waals surface area contributed by atoms with Crippen molar-refractivity contribution in [3.8, 4) is 0 Å². The molecular formula is C16H17F3N4O2. The highest BCUT2D eigenvalue weighted by atomic mass is 19.4. The van der Waals surface area contributed by atoms with Crippen molar-refractivity contribution < 1.29 is 22.7 Å². The zero-order chi connectivity index (χ0) is 18.2. The molecule has 6 nitrogen and oxygen atoms in total. The lowest BCUT2D eigenvalue weighted by molar-refractivity contribution is -0.137. The number of H-pyrrole nitrogens is 1. The topological polar surface area (TPSA) is 79.9 Å². The van der Waals surface area contributed by atoms with E-state index < -0.39 is 17.6 Å². The number of hydrogen-bond acceptors (Lipinski definition) is 4. The number of alkyl halides is 3. The predicted octanol–water partition coefficient (Wildman–Crippen LogP) is 2.78. The van der Waals surface area contributed by atoms with Crippen molar-refractivity contribution in [2.45, 2.75) is 45.2 Å². The van der Waals surface area contributed by atoms with E-state index in [2.05, 4.69) is 20.5 Å². The number of ether oxygens (including phenoxy) is 1. The Hall–Kier alpha value is -2.42. The van der Waals surface area contributed by atoms with E-state index in [0.717, 1.165) is 23.5 Å². The highest BCUT2D eigenvalue weighted by molar-refractivity contribution is 5.94. The minimum atomic E-state index is -4.47. The van der Waals surface area contributed by atoms with Crippen LogP contribution in [0.2, 0.25) is 0 Å². The third-order valence-corrected chi connectivity index (χ3v) is 4.02. The van der Waals surface area contributed by atoms with E-state index in [9.17, 15) is 18.0 Å². The zero-order valence-electron chi connectivity index (χ0n) is 13.6. The molecule has 2 aromatic rings. The van der Waals surface area contributed by atoms with E-state index >= 15 is 0 Å². The van der Waals surface area contributed by atoms with Crippen LogP contribution < -0.4 is 5.32 Å². The number of halogens is 3. The van der Waals surface area contributed by atoms with Gasteiger partial charge in [-0.25, -0.2) is 0 Å². The van der Waals surface area contributed by atoms with Gasteiger partial charge in [0.1, 0.15) is 0 Å². The SMILES string of the molecule is C[C@@H]1Cc2c(C(=O)NCc3cncc(C(F)(F)F)c3)n[nH]c2[C@H](C)O1. The lowest BCUT2D eigenvalue weighted by Crippen LogP contribution is -2.27. The molecule has 0 fully saturated rings. The van der Waals surface area contributed by atoms with Gasteiger partial charge >= 0.3 is 6.18 Å². The summed E-state index contributed by atoms with van der Waals surface area (Å²) in [6, 6.07) is 0.964. The van der Waals surface area contributed by atoms with Gasteiger partial charge in [-0.15, -0.1) is 0 Å². The van der Waals surface area contributed by atoms with Gasteiger partial charge in [0.15, 0.2) is 5.69 Å². The third-order valence-electron chi connectivity index (χ3n) is 4.02. The van der Waals surface area contributed by atoms with Crippen LogP contribution in [-0.4, -0.2) is 27.2 Å². The number of hydrogen-bond donors (Lipinski definition) is 2. The molecule has 0 saturated heterocycles. The van der Waals surface area contributed by atoms with Crippen LogP contribution in [0.15, 0.2) is 18.5 Å². The summed E-state index contributed by atoms with van der Waals surface area (Å²) in [6.45, 7) is 3.70. The molecule has 3 heterocycles. The lowest BCUT2D eigenvalue weighted by atomic mass is 9.99. The monoisotopic (exact) mass is 354 g/mol. The average molecular weight is 354 g/mol. The Bertz CT molecular complexity index is 788. The molecule has 1 aliphatic rings. The Morgan fingerprint density at radius 1 is 1.40 bits per heavy atom. The van der Waals surface area contributed by atoms with Crippen LogP contribution in [0, 0.1) is 0 Å². The normalized spacial score (nSPS) is 20.2. The molecule has 134 valence electrons. The fourth-order valence-electron chi connectivity index (χ4n) is 2.87. The summed E-state index contributed by atoms with van der Waals surface area (Å²) >= 11 is 0. The maximum absolute atomic E-state index is 12.7. The first-order valence-electron chi connectivity index (χ1n) is 7.77. The number of aromatic amines is 1. The van der Waals surface area contributed by atoms with Gasteiger partial charge in [0, 0.05) is 30.9 Å². The number of pyridine rings is 1. The van der Waals surface area contributed by atoms with E-state index in [1.165, 1.54) is 6.20 Å². The molecule has 0 radical (unpaired) electrons. The zero-order valence-corrected chi connectivity index (χ0v) is 13.6. The molecule has 2 N–H and O–H groups in total. The molecule has 0 aromatic carbocycles. The molecule has 25 heavy (non-hydrogen) atoms. The van der Waals surface area contributed by atoms with Crippen LogP contribution in [0.25, 0.3) is 0 Å². The van der Waals surface area contributed by atoms with E-state index in [1.807, 2.05) is 13.8 Å². The number of nitrogens with one attached hydrogen (secondary N) is 2. The van der Waals surface area contributed by atoms with Crippen LogP contribution in [0.5, 0.6) is 0 Å². The lowest BCUT2D eigenvalue weighted by Gasteiger charge is -2.25. The van der Waals surface area contributed by atoms with Crippen molar-refractivity contribution in [3.05, 3.63) is 46.5 Å². The molecule has 0 saturated carbocycles. The Morgan fingerprint density at radius 2 is 2.16 bits per heavy atom. The summed E-state index contributed by atoms with van der Waals surface area (Å²) in [4.78, 5) is 15.9. The third kappa shape index (κ3) is 3.65. The summed E-state index contributed by atoms with van der Waals surface area (Å²) in [5.41, 5.74) is 1.20. The van der Waals surface area contributed by atoms with Crippen molar-refractivity contribution in [3.63, 3.8) is 0 Å². The van der Waals surface area contributed by atoms with Gasteiger partial charge in [0.05, 0.1) is 23.5 Å². The Kier molecular flexibility index (Phi) is 4.51. The molecule has 1 aliphatic heterocycles. The summed E-state index contributed by atoms with van der Waals surface area (Å²) in [5, 5.41) is 9.44. The quantitative estimate of drug-likeness (QED) is 0.888. The van der Waals surface area contributed by atoms with Crippen LogP contribution in [0.4, 0.5) is 13.2 Å². The maximum atomic E-state index is 12.7. The molecule has 3 rings (SSSR count). The summed E-state index contributed by atoms with van der Waals surface area (Å²) in [5.74, 6) is -0.448. The number of rotatable bonds is 3. The second-order valence-corrected chi connectivity index (χ2v) is 6.02. The fraction of sp³-hybridized carbons (Fsp3) is 0.438. The second-order valence-electron chi connectivity index (χ2n) is 6.02. The van der Waals surface area contributed by atoms with Crippen molar-refractivity contribution in [2.75, 3.05) is 0 Å². The van der Waals surface area contributed by atoms with Crippen molar-refractivity contribution in [1.29, 1.82) is 0 Å². The smallest absolute Gasteiger partial charge is 0.369 e. The minimum Gasteiger partial charge on any atom is -0.369 e. The van der Waals surface area contributed by atoms with Gasteiger partial charge in [0.25, 0.3) is 5.91 Å². The van der Waals surface area contributed by atoms with E-state index in [4.69, 9.17) is 4.74 Å². The molecule has 0 bridgehead atoms. The van der Waals surface area contributed by atoms with Crippen molar-refractivity contribution in [2.24, 2.45) is 0 Å². The van der Waals surface area contributed by atoms with Gasteiger partial charge in [0.2, 0.25) is 0 Å². The number of aromatic nitrogens is 3. The Morgan fingerprint density at radius 3 is 2.88 bits per heavy atom. The summed E-state index contributed by atoms with van der Waals surface area (Å²) < 4.78 is 43.8. The van der Waals surface area contributed by atoms with Crippen molar-refractivity contribution >= 4 is 5.91 Å². The molecule has 2 atom stereocenters. The standard InChI is InChI=1S/C16H17F3N4O2/c1-8-3-12-13(9(2)25-8)22-23-14(12)15(24)21-6-10-4-11(7-20-5-10)16(17,18)19/h4-5,7-9H,3,6H2,1-2H3,(H,21,24)(H,22,23)/t8-,9+/m1/s1. The maximum Gasteiger partial charge on any atom is 0.417 e. The first-order chi connectivity index (χ1) is 11.8. The number of carbonyl (C=O) groups is 1. The Balaban J connectivity index is 1.72. The van der Waals surface area contributed by atoms with Gasteiger partial charge in [-0.3, -0.25) is 14.9 Å². The first kappa shape index (κ1) is 17.4.